The second-order valence-electron chi connectivity index (χ2n) is 7.46. The van der Waals surface area contributed by atoms with Crippen LogP contribution in [0.1, 0.15) is 31.4 Å². The van der Waals surface area contributed by atoms with Crippen LogP contribution in [0, 0.1) is 0 Å². The molecule has 2 aliphatic rings. The molecule has 0 atom stereocenters. The SMILES string of the molecule is COc1ccc2c(c1)N(S(=O)(=O)c1ccc3c(c1)C(C)(C)C(=O)N3)CCC2. The van der Waals surface area contributed by atoms with Crippen LogP contribution in [0.4, 0.5) is 11.4 Å². The van der Waals surface area contributed by atoms with Crippen molar-refractivity contribution >= 4 is 27.3 Å². The molecule has 0 radical (unpaired) electrons. The first-order chi connectivity index (χ1) is 12.7. The van der Waals surface area contributed by atoms with Gasteiger partial charge in [-0.05, 0) is 62.1 Å². The zero-order chi connectivity index (χ0) is 19.4. The first kappa shape index (κ1) is 17.9. The van der Waals surface area contributed by atoms with Crippen LogP contribution in [0.5, 0.6) is 5.75 Å². The summed E-state index contributed by atoms with van der Waals surface area (Å²) in [4.78, 5) is 12.4. The largest absolute Gasteiger partial charge is 0.497 e. The number of amides is 1. The Morgan fingerprint density at radius 1 is 1.15 bits per heavy atom. The Labute approximate surface area is 159 Å². The van der Waals surface area contributed by atoms with Gasteiger partial charge in [0.2, 0.25) is 5.91 Å². The highest BCUT2D eigenvalue weighted by Gasteiger charge is 2.40. The number of rotatable bonds is 3. The lowest BCUT2D eigenvalue weighted by Crippen LogP contribution is -2.35. The van der Waals surface area contributed by atoms with Crippen LogP contribution in [-0.2, 0) is 26.7 Å². The van der Waals surface area contributed by atoms with Gasteiger partial charge in [0.1, 0.15) is 5.75 Å². The van der Waals surface area contributed by atoms with Crippen molar-refractivity contribution in [2.24, 2.45) is 0 Å². The molecule has 2 aliphatic heterocycles. The molecular weight excluding hydrogens is 364 g/mol. The van der Waals surface area contributed by atoms with Crippen molar-refractivity contribution in [3.8, 4) is 5.75 Å². The fourth-order valence-corrected chi connectivity index (χ4v) is 5.30. The number of aryl methyl sites for hydroxylation is 1. The Bertz CT molecular complexity index is 1040. The number of hydrogen-bond acceptors (Lipinski definition) is 4. The molecule has 2 aromatic rings. The molecule has 4 rings (SSSR count). The highest BCUT2D eigenvalue weighted by atomic mass is 32.2. The van der Waals surface area contributed by atoms with Crippen LogP contribution in [-0.4, -0.2) is 28.0 Å². The molecule has 0 fully saturated rings. The summed E-state index contributed by atoms with van der Waals surface area (Å²) in [6, 6.07) is 10.4. The summed E-state index contributed by atoms with van der Waals surface area (Å²) in [6.45, 7) is 4.01. The van der Waals surface area contributed by atoms with E-state index in [0.717, 1.165) is 18.4 Å². The Morgan fingerprint density at radius 3 is 2.67 bits per heavy atom. The monoisotopic (exact) mass is 386 g/mol. The summed E-state index contributed by atoms with van der Waals surface area (Å²) in [7, 11) is -2.19. The van der Waals surface area contributed by atoms with E-state index in [1.807, 2.05) is 12.1 Å². The van der Waals surface area contributed by atoms with Gasteiger partial charge >= 0.3 is 0 Å². The molecule has 0 saturated carbocycles. The number of nitrogens with one attached hydrogen (secondary N) is 1. The van der Waals surface area contributed by atoms with Gasteiger partial charge in [-0.2, -0.15) is 0 Å². The van der Waals surface area contributed by atoms with E-state index in [1.54, 1.807) is 45.2 Å². The van der Waals surface area contributed by atoms with Gasteiger partial charge < -0.3 is 10.1 Å². The number of carbonyl (C=O) groups is 1. The summed E-state index contributed by atoms with van der Waals surface area (Å²) in [5.74, 6) is 0.501. The van der Waals surface area contributed by atoms with E-state index in [2.05, 4.69) is 5.32 Å². The molecule has 2 heterocycles. The van der Waals surface area contributed by atoms with Gasteiger partial charge in [0.15, 0.2) is 0 Å². The minimum atomic E-state index is -3.75. The molecule has 0 aromatic heterocycles. The predicted molar refractivity (Wildman–Crippen MR) is 104 cm³/mol. The Balaban J connectivity index is 1.81. The van der Waals surface area contributed by atoms with Gasteiger partial charge in [0.25, 0.3) is 10.0 Å². The number of benzene rings is 2. The third-order valence-corrected chi connectivity index (χ3v) is 7.25. The first-order valence-corrected chi connectivity index (χ1v) is 10.3. The van der Waals surface area contributed by atoms with E-state index in [-0.39, 0.29) is 10.8 Å². The average molecular weight is 386 g/mol. The maximum absolute atomic E-state index is 13.4. The molecule has 0 unspecified atom stereocenters. The molecular formula is C20H22N2O4S. The first-order valence-electron chi connectivity index (χ1n) is 8.91. The minimum absolute atomic E-state index is 0.125. The number of anilines is 2. The molecule has 1 amide bonds. The third-order valence-electron chi connectivity index (χ3n) is 5.44. The lowest BCUT2D eigenvalue weighted by molar-refractivity contribution is -0.119. The van der Waals surface area contributed by atoms with E-state index in [4.69, 9.17) is 4.74 Å². The van der Waals surface area contributed by atoms with Gasteiger partial charge in [-0.25, -0.2) is 8.42 Å². The lowest BCUT2D eigenvalue weighted by atomic mass is 9.86. The zero-order valence-electron chi connectivity index (χ0n) is 15.6. The lowest BCUT2D eigenvalue weighted by Gasteiger charge is -2.31. The van der Waals surface area contributed by atoms with Crippen LogP contribution >= 0.6 is 0 Å². The number of carbonyl (C=O) groups excluding carboxylic acids is 1. The molecule has 0 bridgehead atoms. The normalized spacial score (nSPS) is 17.9. The topological polar surface area (TPSA) is 75.7 Å². The Morgan fingerprint density at radius 2 is 1.93 bits per heavy atom. The number of sulfonamides is 1. The number of nitrogens with zero attached hydrogens (tertiary/aromatic N) is 1. The second-order valence-corrected chi connectivity index (χ2v) is 9.32. The zero-order valence-corrected chi connectivity index (χ0v) is 16.4. The van der Waals surface area contributed by atoms with Crippen molar-refractivity contribution in [1.29, 1.82) is 0 Å². The number of fused-ring (bicyclic) bond motifs is 2. The van der Waals surface area contributed by atoms with Gasteiger partial charge in [0, 0.05) is 18.3 Å². The van der Waals surface area contributed by atoms with Crippen molar-refractivity contribution in [2.45, 2.75) is 37.0 Å². The van der Waals surface area contributed by atoms with Crippen molar-refractivity contribution < 1.29 is 17.9 Å². The molecule has 7 heteroatoms. The highest BCUT2D eigenvalue weighted by molar-refractivity contribution is 7.92. The van der Waals surface area contributed by atoms with E-state index in [9.17, 15) is 13.2 Å². The number of methoxy groups -OCH3 is 1. The maximum atomic E-state index is 13.4. The maximum Gasteiger partial charge on any atom is 0.264 e. The Hall–Kier alpha value is -2.54. The third kappa shape index (κ3) is 2.68. The van der Waals surface area contributed by atoms with E-state index in [0.29, 0.717) is 29.2 Å². The summed E-state index contributed by atoms with van der Waals surface area (Å²) < 4.78 is 33.6. The van der Waals surface area contributed by atoms with E-state index < -0.39 is 15.4 Å². The minimum Gasteiger partial charge on any atom is -0.497 e. The fraction of sp³-hybridized carbons (Fsp3) is 0.350. The van der Waals surface area contributed by atoms with Gasteiger partial charge in [-0.15, -0.1) is 0 Å². The predicted octanol–water partition coefficient (Wildman–Crippen LogP) is 3.07. The van der Waals surface area contributed by atoms with Gasteiger partial charge in [-0.3, -0.25) is 9.10 Å². The fourth-order valence-electron chi connectivity index (χ4n) is 3.74. The molecule has 2 aromatic carbocycles. The quantitative estimate of drug-likeness (QED) is 0.880. The van der Waals surface area contributed by atoms with Crippen molar-refractivity contribution in [2.75, 3.05) is 23.3 Å². The molecule has 142 valence electrons. The van der Waals surface area contributed by atoms with Crippen LogP contribution in [0.15, 0.2) is 41.3 Å². The molecule has 1 N–H and O–H groups in total. The number of hydrogen-bond donors (Lipinski definition) is 1. The summed E-state index contributed by atoms with van der Waals surface area (Å²) in [5, 5.41) is 2.81. The van der Waals surface area contributed by atoms with E-state index in [1.165, 1.54) is 4.31 Å². The standard InChI is InChI=1S/C20H22N2O4S/c1-20(2)16-12-15(8-9-17(16)21-19(20)23)27(24,25)22-10-4-5-13-6-7-14(26-3)11-18(13)22/h6-9,11-12H,4-5,10H2,1-3H3,(H,21,23). The Kier molecular flexibility index (Phi) is 3.96. The second kappa shape index (κ2) is 5.99. The molecule has 0 aliphatic carbocycles. The van der Waals surface area contributed by atoms with Crippen LogP contribution < -0.4 is 14.4 Å². The molecule has 6 nitrogen and oxygen atoms in total. The molecule has 0 saturated heterocycles. The highest BCUT2D eigenvalue weighted by Crippen LogP contribution is 2.40. The van der Waals surface area contributed by atoms with E-state index >= 15 is 0 Å². The van der Waals surface area contributed by atoms with Gasteiger partial charge in [-0.1, -0.05) is 6.07 Å². The smallest absolute Gasteiger partial charge is 0.264 e. The summed E-state index contributed by atoms with van der Waals surface area (Å²) in [5.41, 5.74) is 2.27. The average Bonchev–Trinajstić information content (AvgIpc) is 2.89. The molecule has 27 heavy (non-hydrogen) atoms. The summed E-state index contributed by atoms with van der Waals surface area (Å²) in [6.07, 6.45) is 1.59. The molecule has 0 spiro atoms. The van der Waals surface area contributed by atoms with Crippen LogP contribution in [0.3, 0.4) is 0 Å². The number of ether oxygens (including phenoxy) is 1. The van der Waals surface area contributed by atoms with Crippen molar-refractivity contribution in [3.05, 3.63) is 47.5 Å². The van der Waals surface area contributed by atoms with Gasteiger partial charge in [0.05, 0.1) is 23.1 Å². The van der Waals surface area contributed by atoms with Crippen molar-refractivity contribution in [1.82, 2.24) is 0 Å². The van der Waals surface area contributed by atoms with Crippen molar-refractivity contribution in [3.63, 3.8) is 0 Å². The van der Waals surface area contributed by atoms with Crippen LogP contribution in [0.2, 0.25) is 0 Å². The summed E-state index contributed by atoms with van der Waals surface area (Å²) >= 11 is 0. The van der Waals surface area contributed by atoms with Crippen LogP contribution in [0.25, 0.3) is 0 Å².